The van der Waals surface area contributed by atoms with E-state index in [9.17, 15) is 18.7 Å². The van der Waals surface area contributed by atoms with E-state index in [1.807, 2.05) is 0 Å². The van der Waals surface area contributed by atoms with Crippen LogP contribution in [0.2, 0.25) is 0 Å². The third-order valence-electron chi connectivity index (χ3n) is 3.05. The molecule has 1 N–H and O–H groups in total. The Kier molecular flexibility index (Phi) is 6.07. The molecule has 2 unspecified atom stereocenters. The molecule has 1 aromatic rings. The highest BCUT2D eigenvalue weighted by Gasteiger charge is 2.37. The van der Waals surface area contributed by atoms with Gasteiger partial charge in [0.05, 0.1) is 13.2 Å². The molecule has 0 fully saturated rings. The molecular formula is C15H20F2O3. The quantitative estimate of drug-likeness (QED) is 0.818. The Hall–Kier alpha value is -1.49. The molecule has 0 spiro atoms. The Morgan fingerprint density at radius 2 is 1.80 bits per heavy atom. The molecular weight excluding hydrogens is 266 g/mol. The number of carbonyl (C=O) groups is 1. The Labute approximate surface area is 117 Å². The minimum atomic E-state index is -2.98. The molecule has 5 heteroatoms. The van der Waals surface area contributed by atoms with Crippen LogP contribution in [0.3, 0.4) is 0 Å². The smallest absolute Gasteiger partial charge is 0.317 e. The van der Waals surface area contributed by atoms with Crippen molar-refractivity contribution in [3.63, 3.8) is 0 Å². The minimum absolute atomic E-state index is 0.285. The van der Waals surface area contributed by atoms with Crippen LogP contribution in [0.25, 0.3) is 0 Å². The van der Waals surface area contributed by atoms with Crippen LogP contribution in [0.4, 0.5) is 8.78 Å². The lowest BCUT2D eigenvalue weighted by Gasteiger charge is -2.20. The van der Waals surface area contributed by atoms with E-state index in [-0.39, 0.29) is 5.56 Å². The Bertz CT molecular complexity index is 429. The molecule has 0 bridgehead atoms. The maximum Gasteiger partial charge on any atom is 0.317 e. The lowest BCUT2D eigenvalue weighted by atomic mass is 9.94. The van der Waals surface area contributed by atoms with Crippen molar-refractivity contribution in [3.8, 4) is 0 Å². The SMILES string of the molecule is COC(=O)C(C(F)F)C(O)c1ccc(CC(C)C)cc1. The van der Waals surface area contributed by atoms with Crippen LogP contribution < -0.4 is 0 Å². The first kappa shape index (κ1) is 16.6. The molecule has 0 radical (unpaired) electrons. The van der Waals surface area contributed by atoms with E-state index in [1.165, 1.54) is 0 Å². The number of ether oxygens (including phenoxy) is 1. The van der Waals surface area contributed by atoms with Crippen molar-refractivity contribution in [3.05, 3.63) is 35.4 Å². The highest BCUT2D eigenvalue weighted by Crippen LogP contribution is 2.28. The first-order valence-electron chi connectivity index (χ1n) is 6.49. The zero-order valence-corrected chi connectivity index (χ0v) is 11.8. The summed E-state index contributed by atoms with van der Waals surface area (Å²) < 4.78 is 30.0. The van der Waals surface area contributed by atoms with Gasteiger partial charge in [0, 0.05) is 0 Å². The van der Waals surface area contributed by atoms with Gasteiger partial charge in [0.25, 0.3) is 6.43 Å². The molecule has 3 nitrogen and oxygen atoms in total. The fourth-order valence-electron chi connectivity index (χ4n) is 2.04. The molecule has 0 aromatic heterocycles. The molecule has 0 aliphatic carbocycles. The van der Waals surface area contributed by atoms with Crippen molar-refractivity contribution >= 4 is 5.97 Å². The van der Waals surface area contributed by atoms with Crippen LogP contribution in [0.1, 0.15) is 31.1 Å². The van der Waals surface area contributed by atoms with Crippen molar-refractivity contribution in [1.29, 1.82) is 0 Å². The fourth-order valence-corrected chi connectivity index (χ4v) is 2.04. The number of methoxy groups -OCH3 is 1. The molecule has 0 heterocycles. The van der Waals surface area contributed by atoms with Crippen LogP contribution in [0.15, 0.2) is 24.3 Å². The molecule has 1 aromatic carbocycles. The second-order valence-corrected chi connectivity index (χ2v) is 5.17. The fraction of sp³-hybridized carbons (Fsp3) is 0.533. The van der Waals surface area contributed by atoms with E-state index in [0.29, 0.717) is 5.92 Å². The van der Waals surface area contributed by atoms with Crippen LogP contribution >= 0.6 is 0 Å². The van der Waals surface area contributed by atoms with E-state index in [1.54, 1.807) is 24.3 Å². The third-order valence-corrected chi connectivity index (χ3v) is 3.05. The molecule has 112 valence electrons. The highest BCUT2D eigenvalue weighted by molar-refractivity contribution is 5.73. The Morgan fingerprint density at radius 3 is 2.20 bits per heavy atom. The number of benzene rings is 1. The number of carbonyl (C=O) groups excluding carboxylic acids is 1. The maximum absolute atomic E-state index is 12.9. The highest BCUT2D eigenvalue weighted by atomic mass is 19.3. The summed E-state index contributed by atoms with van der Waals surface area (Å²) >= 11 is 0. The summed E-state index contributed by atoms with van der Waals surface area (Å²) in [4.78, 5) is 11.3. The Morgan fingerprint density at radius 1 is 1.25 bits per heavy atom. The standard InChI is InChI=1S/C15H20F2O3/c1-9(2)8-10-4-6-11(7-5-10)13(18)12(14(16)17)15(19)20-3/h4-7,9,12-14,18H,8H2,1-3H3. The van der Waals surface area contributed by atoms with E-state index in [0.717, 1.165) is 19.1 Å². The van der Waals surface area contributed by atoms with Gasteiger partial charge < -0.3 is 9.84 Å². The topological polar surface area (TPSA) is 46.5 Å². The van der Waals surface area contributed by atoms with Gasteiger partial charge in [-0.05, 0) is 23.5 Å². The van der Waals surface area contributed by atoms with Crippen molar-refractivity contribution in [2.45, 2.75) is 32.8 Å². The molecule has 20 heavy (non-hydrogen) atoms. The van der Waals surface area contributed by atoms with Gasteiger partial charge in [0.15, 0.2) is 0 Å². The number of esters is 1. The molecule has 0 saturated carbocycles. The van der Waals surface area contributed by atoms with Gasteiger partial charge in [-0.2, -0.15) is 0 Å². The van der Waals surface area contributed by atoms with Crippen molar-refractivity contribution in [2.75, 3.05) is 7.11 Å². The van der Waals surface area contributed by atoms with Crippen LogP contribution in [-0.4, -0.2) is 24.6 Å². The average Bonchev–Trinajstić information content (AvgIpc) is 2.38. The summed E-state index contributed by atoms with van der Waals surface area (Å²) in [5, 5.41) is 9.94. The van der Waals surface area contributed by atoms with Gasteiger partial charge in [-0.3, -0.25) is 4.79 Å². The minimum Gasteiger partial charge on any atom is -0.469 e. The lowest BCUT2D eigenvalue weighted by molar-refractivity contribution is -0.157. The molecule has 0 saturated heterocycles. The number of hydrogen-bond acceptors (Lipinski definition) is 3. The van der Waals surface area contributed by atoms with Crippen LogP contribution in [0.5, 0.6) is 0 Å². The largest absolute Gasteiger partial charge is 0.469 e. The molecule has 0 aliphatic heterocycles. The van der Waals surface area contributed by atoms with Gasteiger partial charge in [-0.1, -0.05) is 38.1 Å². The van der Waals surface area contributed by atoms with E-state index in [2.05, 4.69) is 18.6 Å². The number of aliphatic hydroxyl groups is 1. The van der Waals surface area contributed by atoms with Crippen molar-refractivity contribution < 1.29 is 23.4 Å². The number of alkyl halides is 2. The number of halogens is 2. The van der Waals surface area contributed by atoms with Crippen molar-refractivity contribution in [1.82, 2.24) is 0 Å². The normalized spacial score (nSPS) is 14.4. The molecule has 1 rings (SSSR count). The Balaban J connectivity index is 2.89. The molecule has 2 atom stereocenters. The van der Waals surface area contributed by atoms with Gasteiger partial charge in [0.2, 0.25) is 0 Å². The second kappa shape index (κ2) is 7.33. The summed E-state index contributed by atoms with van der Waals surface area (Å²) in [5.41, 5.74) is 1.34. The van der Waals surface area contributed by atoms with E-state index < -0.39 is 24.4 Å². The third kappa shape index (κ3) is 4.27. The van der Waals surface area contributed by atoms with E-state index >= 15 is 0 Å². The predicted molar refractivity (Wildman–Crippen MR) is 71.5 cm³/mol. The van der Waals surface area contributed by atoms with Crippen LogP contribution in [0, 0.1) is 11.8 Å². The van der Waals surface area contributed by atoms with Crippen LogP contribution in [-0.2, 0) is 16.0 Å². The second-order valence-electron chi connectivity index (χ2n) is 5.17. The van der Waals surface area contributed by atoms with Gasteiger partial charge >= 0.3 is 5.97 Å². The summed E-state index contributed by atoms with van der Waals surface area (Å²) in [7, 11) is 1.02. The first-order chi connectivity index (χ1) is 9.36. The average molecular weight is 286 g/mol. The maximum atomic E-state index is 12.9. The zero-order chi connectivity index (χ0) is 15.3. The number of aliphatic hydroxyl groups excluding tert-OH is 1. The van der Waals surface area contributed by atoms with Gasteiger partial charge in [-0.25, -0.2) is 8.78 Å². The monoisotopic (exact) mass is 286 g/mol. The predicted octanol–water partition coefficient (Wildman–Crippen LogP) is 2.97. The first-order valence-corrected chi connectivity index (χ1v) is 6.49. The van der Waals surface area contributed by atoms with Gasteiger partial charge in [-0.15, -0.1) is 0 Å². The summed E-state index contributed by atoms with van der Waals surface area (Å²) in [6.07, 6.45) is -3.69. The van der Waals surface area contributed by atoms with E-state index in [4.69, 9.17) is 0 Å². The number of rotatable bonds is 6. The number of hydrogen-bond donors (Lipinski definition) is 1. The lowest BCUT2D eigenvalue weighted by Crippen LogP contribution is -2.30. The molecule has 0 aliphatic rings. The summed E-state index contributed by atoms with van der Waals surface area (Å²) in [6, 6.07) is 6.69. The molecule has 0 amide bonds. The summed E-state index contributed by atoms with van der Waals surface area (Å²) in [5.74, 6) is -2.50. The van der Waals surface area contributed by atoms with Crippen molar-refractivity contribution in [2.24, 2.45) is 11.8 Å². The zero-order valence-electron chi connectivity index (χ0n) is 11.8. The summed E-state index contributed by atoms with van der Waals surface area (Å²) in [6.45, 7) is 4.15. The van der Waals surface area contributed by atoms with Gasteiger partial charge in [0.1, 0.15) is 5.92 Å².